The van der Waals surface area contributed by atoms with Crippen LogP contribution in [0.5, 0.6) is 0 Å². The van der Waals surface area contributed by atoms with Crippen molar-refractivity contribution in [3.05, 3.63) is 23.8 Å². The molecule has 0 saturated carbocycles. The third-order valence-corrected chi connectivity index (χ3v) is 4.54. The molecule has 0 spiro atoms. The van der Waals surface area contributed by atoms with Crippen molar-refractivity contribution in [2.45, 2.75) is 18.6 Å². The molecule has 1 fully saturated rings. The van der Waals surface area contributed by atoms with Crippen molar-refractivity contribution in [2.24, 2.45) is 0 Å². The fourth-order valence-corrected chi connectivity index (χ4v) is 3.22. The number of nitrogens with two attached hydrogens (primary N) is 1. The molecule has 2 aromatic heterocycles. The first-order valence-corrected chi connectivity index (χ1v) is 7.86. The lowest BCUT2D eigenvalue weighted by molar-refractivity contribution is -0.137. The molecule has 0 aliphatic carbocycles. The standard InChI is InChI=1S/C16H16F3N5O/c1-21-9-4-5-24(7-9)14-13-12(22-15(20)23-14)10-6-8(16(17,18)19)2-3-11(10)25-13/h2-3,6,9,21H,4-5,7H2,1H3,(H2,20,22,23)/t9-/m1/s1. The van der Waals surface area contributed by atoms with E-state index in [-0.39, 0.29) is 11.3 Å². The van der Waals surface area contributed by atoms with E-state index in [9.17, 15) is 13.2 Å². The quantitative estimate of drug-likeness (QED) is 0.739. The Morgan fingerprint density at radius 1 is 1.32 bits per heavy atom. The average molecular weight is 351 g/mol. The van der Waals surface area contributed by atoms with Crippen LogP contribution in [0, 0.1) is 0 Å². The molecule has 0 amide bonds. The maximum Gasteiger partial charge on any atom is 0.416 e. The molecule has 3 aromatic rings. The second-order valence-corrected chi connectivity index (χ2v) is 6.11. The van der Waals surface area contributed by atoms with Crippen LogP contribution in [0.1, 0.15) is 12.0 Å². The van der Waals surface area contributed by atoms with E-state index in [2.05, 4.69) is 15.3 Å². The van der Waals surface area contributed by atoms with Crippen molar-refractivity contribution in [2.75, 3.05) is 30.8 Å². The molecule has 1 aliphatic heterocycles. The predicted molar refractivity (Wildman–Crippen MR) is 88.4 cm³/mol. The molecule has 25 heavy (non-hydrogen) atoms. The molecule has 3 heterocycles. The molecular formula is C16H16F3N5O. The normalized spacial score (nSPS) is 18.6. The monoisotopic (exact) mass is 351 g/mol. The number of halogens is 3. The molecule has 4 rings (SSSR count). The van der Waals surface area contributed by atoms with E-state index in [1.807, 2.05) is 11.9 Å². The fraction of sp³-hybridized carbons (Fsp3) is 0.375. The summed E-state index contributed by atoms with van der Waals surface area (Å²) in [6.45, 7) is 1.47. The summed E-state index contributed by atoms with van der Waals surface area (Å²) >= 11 is 0. The van der Waals surface area contributed by atoms with Gasteiger partial charge in [-0.25, -0.2) is 4.98 Å². The van der Waals surface area contributed by atoms with Crippen LogP contribution in [0.2, 0.25) is 0 Å². The molecule has 0 bridgehead atoms. The topological polar surface area (TPSA) is 80.2 Å². The zero-order chi connectivity index (χ0) is 17.8. The minimum absolute atomic E-state index is 0.00974. The van der Waals surface area contributed by atoms with Gasteiger partial charge in [-0.15, -0.1) is 0 Å². The van der Waals surface area contributed by atoms with Crippen molar-refractivity contribution in [1.82, 2.24) is 15.3 Å². The number of aromatic nitrogens is 2. The van der Waals surface area contributed by atoms with Gasteiger partial charge in [0.15, 0.2) is 11.4 Å². The number of nitrogen functional groups attached to an aromatic ring is 1. The number of hydrogen-bond acceptors (Lipinski definition) is 6. The highest BCUT2D eigenvalue weighted by molar-refractivity contribution is 6.06. The first-order valence-electron chi connectivity index (χ1n) is 7.86. The van der Waals surface area contributed by atoms with Crippen LogP contribution >= 0.6 is 0 Å². The number of rotatable bonds is 2. The molecule has 1 saturated heterocycles. The van der Waals surface area contributed by atoms with E-state index in [0.29, 0.717) is 35.1 Å². The molecule has 9 heteroatoms. The Morgan fingerprint density at radius 3 is 2.80 bits per heavy atom. The number of anilines is 2. The van der Waals surface area contributed by atoms with Gasteiger partial charge in [0.1, 0.15) is 11.1 Å². The van der Waals surface area contributed by atoms with Crippen LogP contribution in [0.15, 0.2) is 22.6 Å². The maximum atomic E-state index is 13.0. The Hall–Kier alpha value is -2.55. The van der Waals surface area contributed by atoms with Gasteiger partial charge in [-0.05, 0) is 31.7 Å². The maximum absolute atomic E-state index is 13.0. The highest BCUT2D eigenvalue weighted by atomic mass is 19.4. The Bertz CT molecular complexity index is 952. The summed E-state index contributed by atoms with van der Waals surface area (Å²) in [6.07, 6.45) is -3.51. The summed E-state index contributed by atoms with van der Waals surface area (Å²) in [6, 6.07) is 3.65. The van der Waals surface area contributed by atoms with E-state index >= 15 is 0 Å². The first-order chi connectivity index (χ1) is 11.9. The van der Waals surface area contributed by atoms with Gasteiger partial charge in [-0.2, -0.15) is 18.2 Å². The van der Waals surface area contributed by atoms with Gasteiger partial charge in [0.05, 0.1) is 5.56 Å². The third kappa shape index (κ3) is 2.64. The summed E-state index contributed by atoms with van der Waals surface area (Å²) in [4.78, 5) is 10.4. The number of benzene rings is 1. The Balaban J connectivity index is 1.91. The Kier molecular flexibility index (Phi) is 3.50. The number of alkyl halides is 3. The fourth-order valence-electron chi connectivity index (χ4n) is 3.22. The van der Waals surface area contributed by atoms with Gasteiger partial charge >= 0.3 is 6.18 Å². The van der Waals surface area contributed by atoms with Gasteiger partial charge in [-0.3, -0.25) is 0 Å². The molecule has 6 nitrogen and oxygen atoms in total. The molecule has 132 valence electrons. The second-order valence-electron chi connectivity index (χ2n) is 6.11. The van der Waals surface area contributed by atoms with Gasteiger partial charge in [0.25, 0.3) is 0 Å². The zero-order valence-corrected chi connectivity index (χ0v) is 13.4. The van der Waals surface area contributed by atoms with E-state index in [0.717, 1.165) is 25.1 Å². The summed E-state index contributed by atoms with van der Waals surface area (Å²) in [5.74, 6) is 0.528. The first kappa shape index (κ1) is 15.9. The van der Waals surface area contributed by atoms with Crippen molar-refractivity contribution < 1.29 is 17.6 Å². The minimum Gasteiger partial charge on any atom is -0.450 e. The van der Waals surface area contributed by atoms with E-state index in [1.54, 1.807) is 0 Å². The van der Waals surface area contributed by atoms with Crippen LogP contribution < -0.4 is 16.0 Å². The van der Waals surface area contributed by atoms with Crippen LogP contribution in [0.25, 0.3) is 22.1 Å². The Labute approximate surface area is 140 Å². The van der Waals surface area contributed by atoms with Crippen molar-refractivity contribution in [3.63, 3.8) is 0 Å². The smallest absolute Gasteiger partial charge is 0.416 e. The van der Waals surface area contributed by atoms with Crippen LogP contribution in [-0.4, -0.2) is 36.1 Å². The summed E-state index contributed by atoms with van der Waals surface area (Å²) in [5.41, 5.74) is 6.04. The van der Waals surface area contributed by atoms with Crippen LogP contribution in [-0.2, 0) is 6.18 Å². The van der Waals surface area contributed by atoms with Gasteiger partial charge in [0.2, 0.25) is 5.95 Å². The average Bonchev–Trinajstić information content (AvgIpc) is 3.17. The molecule has 0 radical (unpaired) electrons. The number of nitrogens with one attached hydrogen (secondary N) is 1. The zero-order valence-electron chi connectivity index (χ0n) is 13.4. The summed E-state index contributed by atoms with van der Waals surface area (Å²) < 4.78 is 44.8. The molecule has 3 N–H and O–H groups in total. The predicted octanol–water partition coefficient (Wildman–Crippen LogP) is 2.78. The SMILES string of the molecule is CN[C@@H]1CCN(c2nc(N)nc3c2oc2ccc(C(F)(F)F)cc23)C1. The van der Waals surface area contributed by atoms with Gasteiger partial charge < -0.3 is 20.4 Å². The van der Waals surface area contributed by atoms with Crippen molar-refractivity contribution in [3.8, 4) is 0 Å². The number of nitrogens with zero attached hydrogens (tertiary/aromatic N) is 3. The lowest BCUT2D eigenvalue weighted by Gasteiger charge is -2.17. The Morgan fingerprint density at radius 2 is 2.12 bits per heavy atom. The minimum atomic E-state index is -4.44. The van der Waals surface area contributed by atoms with Crippen molar-refractivity contribution in [1.29, 1.82) is 0 Å². The largest absolute Gasteiger partial charge is 0.450 e. The molecular weight excluding hydrogens is 335 g/mol. The number of fused-ring (bicyclic) bond motifs is 3. The summed E-state index contributed by atoms with van der Waals surface area (Å²) in [5, 5.41) is 3.49. The lowest BCUT2D eigenvalue weighted by Crippen LogP contribution is -2.30. The van der Waals surface area contributed by atoms with Gasteiger partial charge in [-0.1, -0.05) is 0 Å². The molecule has 0 unspecified atom stereocenters. The highest BCUT2D eigenvalue weighted by Gasteiger charge is 2.32. The van der Waals surface area contributed by atoms with Crippen LogP contribution in [0.4, 0.5) is 24.9 Å². The number of likely N-dealkylation sites (N-methyl/N-ethyl adjacent to an activating group) is 1. The van der Waals surface area contributed by atoms with Crippen molar-refractivity contribution >= 4 is 33.8 Å². The lowest BCUT2D eigenvalue weighted by atomic mass is 10.1. The third-order valence-electron chi connectivity index (χ3n) is 4.54. The van der Waals surface area contributed by atoms with E-state index in [4.69, 9.17) is 10.2 Å². The van der Waals surface area contributed by atoms with Gasteiger partial charge in [0, 0.05) is 24.5 Å². The number of hydrogen-bond donors (Lipinski definition) is 2. The summed E-state index contributed by atoms with van der Waals surface area (Å²) in [7, 11) is 1.89. The van der Waals surface area contributed by atoms with Crippen LogP contribution in [0.3, 0.4) is 0 Å². The second kappa shape index (κ2) is 5.48. The molecule has 1 atom stereocenters. The number of furan rings is 1. The molecule has 1 aromatic carbocycles. The highest BCUT2D eigenvalue weighted by Crippen LogP contribution is 2.38. The molecule has 1 aliphatic rings. The van der Waals surface area contributed by atoms with E-state index in [1.165, 1.54) is 6.07 Å². The van der Waals surface area contributed by atoms with E-state index < -0.39 is 11.7 Å².